The first-order valence-electron chi connectivity index (χ1n) is 8.53. The molecule has 1 aliphatic rings. The topological polar surface area (TPSA) is 42.3 Å². The number of aromatic nitrogens is 1. The van der Waals surface area contributed by atoms with Crippen molar-refractivity contribution in [2.75, 3.05) is 6.54 Å². The lowest BCUT2D eigenvalue weighted by atomic mass is 9.94. The molecule has 22 heavy (non-hydrogen) atoms. The average Bonchev–Trinajstić information content (AvgIpc) is 2.52. The van der Waals surface area contributed by atoms with Crippen LogP contribution in [-0.4, -0.2) is 28.0 Å². The van der Waals surface area contributed by atoms with Crippen molar-refractivity contribution in [3.8, 4) is 0 Å². The van der Waals surface area contributed by atoms with Crippen LogP contribution in [-0.2, 0) is 11.3 Å². The molecule has 1 aliphatic heterocycles. The quantitative estimate of drug-likeness (QED) is 0.810. The molecule has 1 aromatic rings. The molecule has 4 heteroatoms. The molecule has 0 radical (unpaired) electrons. The molecule has 0 bridgehead atoms. The van der Waals surface area contributed by atoms with Crippen molar-refractivity contribution in [3.05, 3.63) is 34.7 Å². The van der Waals surface area contributed by atoms with Crippen LogP contribution >= 0.6 is 0 Å². The van der Waals surface area contributed by atoms with Crippen molar-refractivity contribution in [1.82, 2.24) is 9.47 Å². The van der Waals surface area contributed by atoms with Crippen molar-refractivity contribution < 1.29 is 4.79 Å². The maximum atomic E-state index is 12.5. The van der Waals surface area contributed by atoms with Crippen molar-refractivity contribution in [1.29, 1.82) is 0 Å². The van der Waals surface area contributed by atoms with Gasteiger partial charge in [0.15, 0.2) is 0 Å². The van der Waals surface area contributed by atoms with Gasteiger partial charge in [0, 0.05) is 37.8 Å². The Morgan fingerprint density at radius 2 is 2.14 bits per heavy atom. The third-order valence-electron chi connectivity index (χ3n) is 4.49. The highest BCUT2D eigenvalue weighted by Gasteiger charge is 2.26. The third-order valence-corrected chi connectivity index (χ3v) is 4.49. The van der Waals surface area contributed by atoms with Gasteiger partial charge in [-0.25, -0.2) is 0 Å². The molecular weight excluding hydrogens is 276 g/mol. The van der Waals surface area contributed by atoms with Gasteiger partial charge in [-0.2, -0.15) is 0 Å². The van der Waals surface area contributed by atoms with Crippen LogP contribution in [0, 0.1) is 5.92 Å². The number of pyridine rings is 1. The number of aryl methyl sites for hydroxylation is 1. The van der Waals surface area contributed by atoms with Gasteiger partial charge in [-0.15, -0.1) is 0 Å². The van der Waals surface area contributed by atoms with Gasteiger partial charge in [0.05, 0.1) is 0 Å². The Balaban J connectivity index is 1.91. The molecule has 1 fully saturated rings. The summed E-state index contributed by atoms with van der Waals surface area (Å²) in [7, 11) is 0. The van der Waals surface area contributed by atoms with E-state index >= 15 is 0 Å². The zero-order valence-electron chi connectivity index (χ0n) is 13.8. The summed E-state index contributed by atoms with van der Waals surface area (Å²) in [6, 6.07) is 5.50. The van der Waals surface area contributed by atoms with E-state index in [9.17, 15) is 9.59 Å². The monoisotopic (exact) mass is 304 g/mol. The number of rotatable bonds is 6. The highest BCUT2D eigenvalue weighted by atomic mass is 16.2. The molecular formula is C18H28N2O2. The molecule has 1 saturated heterocycles. The zero-order valence-corrected chi connectivity index (χ0v) is 13.8. The van der Waals surface area contributed by atoms with E-state index in [1.165, 1.54) is 18.9 Å². The molecule has 1 atom stereocenters. The lowest BCUT2D eigenvalue weighted by Crippen LogP contribution is -2.44. The van der Waals surface area contributed by atoms with Crippen LogP contribution in [0.4, 0.5) is 0 Å². The fourth-order valence-corrected chi connectivity index (χ4v) is 3.16. The molecule has 0 saturated carbocycles. The second kappa shape index (κ2) is 8.16. The maximum Gasteiger partial charge on any atom is 0.250 e. The number of likely N-dealkylation sites (tertiary alicyclic amines) is 1. The predicted octanol–water partition coefficient (Wildman–Crippen LogP) is 3.06. The summed E-state index contributed by atoms with van der Waals surface area (Å²) >= 11 is 0. The van der Waals surface area contributed by atoms with Crippen LogP contribution in [0.1, 0.15) is 52.4 Å². The minimum Gasteiger partial charge on any atom is -0.340 e. The van der Waals surface area contributed by atoms with Crippen molar-refractivity contribution in [2.24, 2.45) is 5.92 Å². The Morgan fingerprint density at radius 3 is 2.86 bits per heavy atom. The number of hydrogen-bond donors (Lipinski definition) is 0. The largest absolute Gasteiger partial charge is 0.340 e. The van der Waals surface area contributed by atoms with Gasteiger partial charge in [-0.3, -0.25) is 9.59 Å². The van der Waals surface area contributed by atoms with E-state index in [4.69, 9.17) is 0 Å². The van der Waals surface area contributed by atoms with Crippen LogP contribution in [0.2, 0.25) is 0 Å². The molecule has 2 heterocycles. The number of piperidine rings is 1. The Kier molecular flexibility index (Phi) is 6.22. The average molecular weight is 304 g/mol. The molecule has 4 nitrogen and oxygen atoms in total. The zero-order chi connectivity index (χ0) is 15.9. The summed E-state index contributed by atoms with van der Waals surface area (Å²) < 4.78 is 1.62. The van der Waals surface area contributed by atoms with E-state index in [1.807, 2.05) is 6.07 Å². The molecule has 0 aliphatic carbocycles. The molecule has 0 spiro atoms. The van der Waals surface area contributed by atoms with E-state index in [-0.39, 0.29) is 11.5 Å². The standard InChI is InChI=1S/C18H28N2O2/c1-15(2)9-10-16-7-3-6-13-20(16)18(22)11-14-19-12-5-4-8-17(19)21/h4-5,8,12,15-16H,3,6-7,9-11,13-14H2,1-2H3/t16-/m1/s1. The Bertz CT molecular complexity index is 536. The predicted molar refractivity (Wildman–Crippen MR) is 88.7 cm³/mol. The molecule has 2 rings (SSSR count). The molecule has 0 aromatic carbocycles. The molecule has 122 valence electrons. The summed E-state index contributed by atoms with van der Waals surface area (Å²) in [5.74, 6) is 0.881. The minimum atomic E-state index is -0.0368. The number of nitrogens with zero attached hydrogens (tertiary/aromatic N) is 2. The van der Waals surface area contributed by atoms with Crippen LogP contribution in [0.25, 0.3) is 0 Å². The molecule has 0 N–H and O–H groups in total. The second-order valence-electron chi connectivity index (χ2n) is 6.69. The van der Waals surface area contributed by atoms with Crippen LogP contribution < -0.4 is 5.56 Å². The number of hydrogen-bond acceptors (Lipinski definition) is 2. The van der Waals surface area contributed by atoms with Gasteiger partial charge < -0.3 is 9.47 Å². The first-order chi connectivity index (χ1) is 10.6. The highest BCUT2D eigenvalue weighted by molar-refractivity contribution is 5.76. The van der Waals surface area contributed by atoms with E-state index in [1.54, 1.807) is 16.8 Å². The summed E-state index contributed by atoms with van der Waals surface area (Å²) in [4.78, 5) is 26.3. The van der Waals surface area contributed by atoms with Gasteiger partial charge in [0.1, 0.15) is 0 Å². The van der Waals surface area contributed by atoms with Gasteiger partial charge in [-0.1, -0.05) is 19.9 Å². The van der Waals surface area contributed by atoms with Crippen molar-refractivity contribution >= 4 is 5.91 Å². The van der Waals surface area contributed by atoms with Gasteiger partial charge in [0.25, 0.3) is 5.56 Å². The molecule has 1 amide bonds. The SMILES string of the molecule is CC(C)CC[C@H]1CCCCN1C(=O)CCn1ccccc1=O. The van der Waals surface area contributed by atoms with E-state index in [0.29, 0.717) is 24.9 Å². The number of carbonyl (C=O) groups is 1. The third kappa shape index (κ3) is 4.72. The number of amides is 1. The first-order valence-corrected chi connectivity index (χ1v) is 8.53. The first kappa shape index (κ1) is 16.8. The van der Waals surface area contributed by atoms with Crippen LogP contribution in [0.15, 0.2) is 29.2 Å². The van der Waals surface area contributed by atoms with Crippen molar-refractivity contribution in [3.63, 3.8) is 0 Å². The fraction of sp³-hybridized carbons (Fsp3) is 0.667. The van der Waals surface area contributed by atoms with Crippen LogP contribution in [0.5, 0.6) is 0 Å². The summed E-state index contributed by atoms with van der Waals surface area (Å²) in [5.41, 5.74) is -0.0368. The highest BCUT2D eigenvalue weighted by Crippen LogP contribution is 2.23. The smallest absolute Gasteiger partial charge is 0.250 e. The molecule has 0 unspecified atom stereocenters. The summed E-state index contributed by atoms with van der Waals surface area (Å²) in [6.07, 6.45) is 7.91. The second-order valence-corrected chi connectivity index (χ2v) is 6.69. The minimum absolute atomic E-state index is 0.0368. The fourth-order valence-electron chi connectivity index (χ4n) is 3.16. The summed E-state index contributed by atoms with van der Waals surface area (Å²) in [5, 5.41) is 0. The van der Waals surface area contributed by atoms with Crippen LogP contribution in [0.3, 0.4) is 0 Å². The van der Waals surface area contributed by atoms with Gasteiger partial charge >= 0.3 is 0 Å². The summed E-state index contributed by atoms with van der Waals surface area (Å²) in [6.45, 7) is 5.82. The lowest BCUT2D eigenvalue weighted by molar-refractivity contribution is -0.135. The lowest BCUT2D eigenvalue weighted by Gasteiger charge is -2.36. The molecule has 1 aromatic heterocycles. The normalized spacial score (nSPS) is 18.7. The van der Waals surface area contributed by atoms with E-state index in [0.717, 1.165) is 25.8 Å². The number of carbonyl (C=O) groups excluding carboxylic acids is 1. The van der Waals surface area contributed by atoms with E-state index < -0.39 is 0 Å². The van der Waals surface area contributed by atoms with Gasteiger partial charge in [0.2, 0.25) is 5.91 Å². The Morgan fingerprint density at radius 1 is 1.32 bits per heavy atom. The maximum absolute atomic E-state index is 12.5. The van der Waals surface area contributed by atoms with Gasteiger partial charge in [-0.05, 0) is 44.1 Å². The Labute approximate surface area is 133 Å². The van der Waals surface area contributed by atoms with Crippen molar-refractivity contribution in [2.45, 2.75) is 65.0 Å². The Hall–Kier alpha value is -1.58. The van der Waals surface area contributed by atoms with E-state index in [2.05, 4.69) is 18.7 Å².